The minimum atomic E-state index is -0.490. The maximum atomic E-state index is 13.4. The first kappa shape index (κ1) is 26.6. The maximum absolute atomic E-state index is 13.4. The van der Waals surface area contributed by atoms with Crippen LogP contribution >= 0.6 is 0 Å². The number of urea groups is 1. The minimum Gasteiger partial charge on any atom is -0.497 e. The second kappa shape index (κ2) is 13.1. The first-order valence-electron chi connectivity index (χ1n) is 11.2. The minimum absolute atomic E-state index is 0.181. The molecule has 9 nitrogen and oxygen atoms in total. The number of halogens is 1. The van der Waals surface area contributed by atoms with E-state index in [9.17, 15) is 14.0 Å². The van der Waals surface area contributed by atoms with Gasteiger partial charge in [-0.15, -0.1) is 0 Å². The molecule has 3 aromatic rings. The maximum Gasteiger partial charge on any atom is 0.322 e. The van der Waals surface area contributed by atoms with Crippen LogP contribution in [0.5, 0.6) is 11.5 Å². The molecule has 0 saturated carbocycles. The quantitative estimate of drug-likeness (QED) is 0.403. The lowest BCUT2D eigenvalue weighted by atomic mass is 10.2. The third-order valence-corrected chi connectivity index (χ3v) is 5.35. The Kier molecular flexibility index (Phi) is 9.70. The molecular weight excluding hydrogens is 469 g/mol. The highest BCUT2D eigenvalue weighted by Gasteiger charge is 2.23. The van der Waals surface area contributed by atoms with Crippen LogP contribution < -0.4 is 14.8 Å². The fraction of sp³-hybridized carbons (Fsp3) is 0.308. The van der Waals surface area contributed by atoms with E-state index in [1.54, 1.807) is 47.4 Å². The summed E-state index contributed by atoms with van der Waals surface area (Å²) in [4.78, 5) is 29.4. The molecular formula is C26H30FN3O6. The van der Waals surface area contributed by atoms with Gasteiger partial charge in [0.05, 0.1) is 33.6 Å². The van der Waals surface area contributed by atoms with E-state index in [1.165, 1.54) is 44.6 Å². The predicted octanol–water partition coefficient (Wildman–Crippen LogP) is 4.15. The summed E-state index contributed by atoms with van der Waals surface area (Å²) in [6.45, 7) is 0.611. The number of carbonyl (C=O) groups is 2. The fourth-order valence-electron chi connectivity index (χ4n) is 3.43. The number of benzene rings is 2. The molecule has 0 bridgehead atoms. The Morgan fingerprint density at radius 2 is 1.64 bits per heavy atom. The van der Waals surface area contributed by atoms with Gasteiger partial charge in [0.2, 0.25) is 5.91 Å². The predicted molar refractivity (Wildman–Crippen MR) is 131 cm³/mol. The average molecular weight is 500 g/mol. The topological polar surface area (TPSA) is 93.5 Å². The van der Waals surface area contributed by atoms with E-state index in [2.05, 4.69) is 5.32 Å². The molecule has 0 aliphatic carbocycles. The Morgan fingerprint density at radius 1 is 0.944 bits per heavy atom. The number of hydrogen-bond donors (Lipinski definition) is 1. The third kappa shape index (κ3) is 7.74. The lowest BCUT2D eigenvalue weighted by molar-refractivity contribution is -0.133. The van der Waals surface area contributed by atoms with Gasteiger partial charge in [-0.25, -0.2) is 9.18 Å². The number of rotatable bonds is 12. The van der Waals surface area contributed by atoms with Crippen LogP contribution in [0.3, 0.4) is 0 Å². The van der Waals surface area contributed by atoms with Crippen molar-refractivity contribution in [2.75, 3.05) is 46.3 Å². The van der Waals surface area contributed by atoms with Crippen molar-refractivity contribution in [3.63, 3.8) is 0 Å². The van der Waals surface area contributed by atoms with Gasteiger partial charge in [-0.1, -0.05) is 12.1 Å². The molecule has 2 aromatic carbocycles. The SMILES string of the molecule is COCCN(CC(=O)N(Cc1ccc(F)cc1)Cc1ccco1)C(=O)Nc1cc(OC)cc(OC)c1. The molecule has 0 spiro atoms. The molecule has 0 atom stereocenters. The van der Waals surface area contributed by atoms with Gasteiger partial charge in [-0.05, 0) is 29.8 Å². The molecule has 192 valence electrons. The van der Waals surface area contributed by atoms with Crippen molar-refractivity contribution >= 4 is 17.6 Å². The number of amides is 3. The van der Waals surface area contributed by atoms with Gasteiger partial charge in [0.1, 0.15) is 29.6 Å². The van der Waals surface area contributed by atoms with Gasteiger partial charge in [-0.2, -0.15) is 0 Å². The molecule has 0 aliphatic rings. The van der Waals surface area contributed by atoms with Crippen molar-refractivity contribution in [3.8, 4) is 11.5 Å². The first-order valence-corrected chi connectivity index (χ1v) is 11.2. The number of nitrogens with one attached hydrogen (secondary N) is 1. The van der Waals surface area contributed by atoms with E-state index >= 15 is 0 Å². The van der Waals surface area contributed by atoms with Crippen molar-refractivity contribution in [1.82, 2.24) is 9.80 Å². The number of anilines is 1. The number of nitrogens with zero attached hydrogens (tertiary/aromatic N) is 2. The molecule has 0 fully saturated rings. The summed E-state index contributed by atoms with van der Waals surface area (Å²) in [7, 11) is 4.54. The lowest BCUT2D eigenvalue weighted by Gasteiger charge is -2.27. The number of hydrogen-bond acceptors (Lipinski definition) is 6. The Bertz CT molecular complexity index is 1100. The van der Waals surface area contributed by atoms with Crippen LogP contribution in [0.15, 0.2) is 65.3 Å². The lowest BCUT2D eigenvalue weighted by Crippen LogP contribution is -2.45. The fourth-order valence-corrected chi connectivity index (χ4v) is 3.43. The second-order valence-electron chi connectivity index (χ2n) is 7.90. The number of methoxy groups -OCH3 is 3. The largest absolute Gasteiger partial charge is 0.497 e. The van der Waals surface area contributed by atoms with Crippen LogP contribution in [0.25, 0.3) is 0 Å². The van der Waals surface area contributed by atoms with Gasteiger partial charge in [0, 0.05) is 44.1 Å². The summed E-state index contributed by atoms with van der Waals surface area (Å²) < 4.78 is 34.4. The van der Waals surface area contributed by atoms with Crippen molar-refractivity contribution in [2.45, 2.75) is 13.1 Å². The molecule has 0 aliphatic heterocycles. The summed E-state index contributed by atoms with van der Waals surface area (Å²) in [5.74, 6) is 0.924. The standard InChI is InChI=1S/C26H30FN3O6/c1-33-12-10-29(26(32)28-21-13-23(34-2)15-24(14-21)35-3)18-25(31)30(17-22-5-4-11-36-22)16-19-6-8-20(27)9-7-19/h4-9,11,13-15H,10,12,16-18H2,1-3H3,(H,28,32). The van der Waals surface area contributed by atoms with Crippen LogP contribution in [0, 0.1) is 5.82 Å². The van der Waals surface area contributed by atoms with Crippen LogP contribution in [-0.2, 0) is 22.6 Å². The van der Waals surface area contributed by atoms with E-state index in [0.717, 1.165) is 5.56 Å². The van der Waals surface area contributed by atoms with Gasteiger partial charge < -0.3 is 33.7 Å². The van der Waals surface area contributed by atoms with Crippen molar-refractivity contribution in [2.24, 2.45) is 0 Å². The zero-order valence-electron chi connectivity index (χ0n) is 20.5. The summed E-state index contributed by atoms with van der Waals surface area (Å²) in [6.07, 6.45) is 1.52. The highest BCUT2D eigenvalue weighted by Crippen LogP contribution is 2.26. The Hall–Kier alpha value is -4.05. The molecule has 0 unspecified atom stereocenters. The molecule has 10 heteroatoms. The first-order chi connectivity index (χ1) is 17.4. The Balaban J connectivity index is 1.77. The molecule has 1 aromatic heterocycles. The van der Waals surface area contributed by atoms with Crippen molar-refractivity contribution in [1.29, 1.82) is 0 Å². The molecule has 3 rings (SSSR count). The van der Waals surface area contributed by atoms with E-state index in [1.807, 2.05) is 0 Å². The normalized spacial score (nSPS) is 10.6. The highest BCUT2D eigenvalue weighted by atomic mass is 19.1. The summed E-state index contributed by atoms with van der Waals surface area (Å²) >= 11 is 0. The molecule has 0 radical (unpaired) electrons. The van der Waals surface area contributed by atoms with E-state index in [0.29, 0.717) is 22.9 Å². The monoisotopic (exact) mass is 499 g/mol. The Morgan fingerprint density at radius 3 is 2.22 bits per heavy atom. The second-order valence-corrected chi connectivity index (χ2v) is 7.90. The van der Waals surface area contributed by atoms with Gasteiger partial charge in [-0.3, -0.25) is 4.79 Å². The molecule has 3 amide bonds. The number of ether oxygens (including phenoxy) is 3. The summed E-state index contributed by atoms with van der Waals surface area (Å²) in [5, 5.41) is 2.79. The molecule has 1 heterocycles. The number of furan rings is 1. The summed E-state index contributed by atoms with van der Waals surface area (Å²) in [6, 6.07) is 13.9. The van der Waals surface area contributed by atoms with Crippen LogP contribution in [0.2, 0.25) is 0 Å². The average Bonchev–Trinajstić information content (AvgIpc) is 3.40. The van der Waals surface area contributed by atoms with Gasteiger partial charge in [0.25, 0.3) is 0 Å². The summed E-state index contributed by atoms with van der Waals surface area (Å²) in [5.41, 5.74) is 1.19. The Labute approximate surface area is 209 Å². The molecule has 0 saturated heterocycles. The van der Waals surface area contributed by atoms with Gasteiger partial charge in [0.15, 0.2) is 0 Å². The third-order valence-electron chi connectivity index (χ3n) is 5.35. The van der Waals surface area contributed by atoms with Crippen LogP contribution in [-0.4, -0.2) is 62.8 Å². The highest BCUT2D eigenvalue weighted by molar-refractivity contribution is 5.92. The number of carbonyl (C=O) groups excluding carboxylic acids is 2. The van der Waals surface area contributed by atoms with E-state index < -0.39 is 6.03 Å². The zero-order chi connectivity index (χ0) is 25.9. The zero-order valence-corrected chi connectivity index (χ0v) is 20.5. The van der Waals surface area contributed by atoms with Crippen molar-refractivity contribution in [3.05, 3.63) is 78.0 Å². The smallest absolute Gasteiger partial charge is 0.322 e. The molecule has 1 N–H and O–H groups in total. The molecule has 36 heavy (non-hydrogen) atoms. The van der Waals surface area contributed by atoms with Crippen LogP contribution in [0.1, 0.15) is 11.3 Å². The van der Waals surface area contributed by atoms with E-state index in [-0.39, 0.29) is 44.5 Å². The van der Waals surface area contributed by atoms with Gasteiger partial charge >= 0.3 is 6.03 Å². The van der Waals surface area contributed by atoms with Crippen molar-refractivity contribution < 1.29 is 32.6 Å². The van der Waals surface area contributed by atoms with Crippen LogP contribution in [0.4, 0.5) is 14.9 Å². The van der Waals surface area contributed by atoms with E-state index in [4.69, 9.17) is 18.6 Å².